The van der Waals surface area contributed by atoms with Crippen molar-refractivity contribution in [3.05, 3.63) is 254 Å². The molecular weight excluding hydrogens is 797 g/mol. The molecule has 0 atom stereocenters. The van der Waals surface area contributed by atoms with Crippen molar-refractivity contribution in [2.45, 2.75) is 13.8 Å². The summed E-state index contributed by atoms with van der Waals surface area (Å²) in [6.07, 6.45) is 0. The average molecular weight is 843 g/mol. The van der Waals surface area contributed by atoms with Crippen LogP contribution in [0.4, 0.5) is 34.1 Å². The first kappa shape index (κ1) is 39.2. The van der Waals surface area contributed by atoms with E-state index >= 15 is 0 Å². The van der Waals surface area contributed by atoms with Crippen LogP contribution in [0.15, 0.2) is 243 Å². The molecule has 0 spiro atoms. The molecule has 0 aromatic heterocycles. The first-order valence-electron chi connectivity index (χ1n) is 22.8. The lowest BCUT2D eigenvalue weighted by molar-refractivity contribution is 1.29. The Balaban J connectivity index is 1.23. The number of hydrogen-bond acceptors (Lipinski definition) is 2. The Morgan fingerprint density at radius 2 is 0.576 bits per heavy atom. The lowest BCUT2D eigenvalue weighted by Gasteiger charge is -2.30. The van der Waals surface area contributed by atoms with Crippen LogP contribution in [0.2, 0.25) is 0 Å². The Labute approximate surface area is 385 Å². The van der Waals surface area contributed by atoms with Gasteiger partial charge in [0.25, 0.3) is 0 Å². The molecule has 0 aliphatic rings. The summed E-state index contributed by atoms with van der Waals surface area (Å²) in [5, 5.41) is 12.0. The summed E-state index contributed by atoms with van der Waals surface area (Å²) in [5.74, 6) is 0. The smallest absolute Gasteiger partial charge is 0.0546 e. The zero-order valence-electron chi connectivity index (χ0n) is 37.0. The minimum absolute atomic E-state index is 1.11. The maximum atomic E-state index is 2.46. The second-order valence-corrected chi connectivity index (χ2v) is 17.5. The van der Waals surface area contributed by atoms with Gasteiger partial charge in [-0.2, -0.15) is 0 Å². The summed E-state index contributed by atoms with van der Waals surface area (Å²) in [6.45, 7) is 4.32. The standard InChI is InChI=1S/C64H46N2/c1-43-21-29-53(30-22-43)65(55-33-25-47-17-9-11-19-49(47)37-55)63-41-61-60-40-52(46-15-7-4-8-16-46)28-36-58(60)64(42-62(61)59-39-51(27-35-57(59)63)45-13-5-3-6-14-45)66(54-31-23-44(2)24-32-54)56-34-26-48-18-10-12-20-50(48)38-56/h3-42H,1-2H3. The van der Waals surface area contributed by atoms with Crippen LogP contribution in [-0.2, 0) is 0 Å². The van der Waals surface area contributed by atoms with Crippen molar-refractivity contribution in [2.75, 3.05) is 9.80 Å². The molecule has 12 aromatic carbocycles. The van der Waals surface area contributed by atoms with Crippen LogP contribution in [0.1, 0.15) is 11.1 Å². The second kappa shape index (κ2) is 16.3. The largest absolute Gasteiger partial charge is 0.310 e. The molecule has 0 radical (unpaired) electrons. The number of aryl methyl sites for hydroxylation is 2. The highest BCUT2D eigenvalue weighted by Crippen LogP contribution is 2.49. The summed E-state index contributed by atoms with van der Waals surface area (Å²) in [6, 6.07) is 89.6. The highest BCUT2D eigenvalue weighted by Gasteiger charge is 2.23. The van der Waals surface area contributed by atoms with E-state index in [0.29, 0.717) is 0 Å². The van der Waals surface area contributed by atoms with E-state index in [0.717, 1.165) is 34.1 Å². The van der Waals surface area contributed by atoms with Crippen molar-refractivity contribution in [1.29, 1.82) is 0 Å². The van der Waals surface area contributed by atoms with Gasteiger partial charge in [-0.05, 0) is 152 Å². The fourth-order valence-electron chi connectivity index (χ4n) is 9.88. The maximum Gasteiger partial charge on any atom is 0.0546 e. The molecule has 12 rings (SSSR count). The number of anilines is 6. The predicted molar refractivity (Wildman–Crippen MR) is 284 cm³/mol. The van der Waals surface area contributed by atoms with Crippen molar-refractivity contribution in [2.24, 2.45) is 0 Å². The SMILES string of the molecule is Cc1ccc(N(c2ccc3ccccc3c2)c2cc3c4cc(-c5ccccc5)ccc4c(N(c4ccc(C)cc4)c4ccc5ccccc5c4)cc3c3cc(-c4ccccc4)ccc23)cc1. The van der Waals surface area contributed by atoms with Gasteiger partial charge in [0.15, 0.2) is 0 Å². The molecule has 0 aliphatic carbocycles. The summed E-state index contributed by atoms with van der Waals surface area (Å²) in [7, 11) is 0. The van der Waals surface area contributed by atoms with Gasteiger partial charge >= 0.3 is 0 Å². The molecular formula is C64H46N2. The zero-order valence-corrected chi connectivity index (χ0v) is 37.0. The minimum Gasteiger partial charge on any atom is -0.310 e. The third-order valence-corrected chi connectivity index (χ3v) is 13.3. The van der Waals surface area contributed by atoms with Gasteiger partial charge in [0.2, 0.25) is 0 Å². The Hall–Kier alpha value is -8.46. The molecule has 0 heterocycles. The van der Waals surface area contributed by atoms with Crippen LogP contribution in [0.3, 0.4) is 0 Å². The Kier molecular flexibility index (Phi) is 9.65. The van der Waals surface area contributed by atoms with Crippen LogP contribution in [-0.4, -0.2) is 0 Å². The van der Waals surface area contributed by atoms with Crippen LogP contribution in [0.5, 0.6) is 0 Å². The molecule has 312 valence electrons. The molecule has 2 heteroatoms. The highest BCUT2D eigenvalue weighted by atomic mass is 15.2. The first-order chi connectivity index (χ1) is 32.5. The van der Waals surface area contributed by atoms with Gasteiger partial charge in [-0.1, -0.05) is 181 Å². The minimum atomic E-state index is 1.11. The quantitative estimate of drug-likeness (QED) is 0.141. The average Bonchev–Trinajstić information content (AvgIpc) is 3.38. The fourth-order valence-corrected chi connectivity index (χ4v) is 9.88. The fraction of sp³-hybridized carbons (Fsp3) is 0.0312. The van der Waals surface area contributed by atoms with Gasteiger partial charge in [0, 0.05) is 33.5 Å². The van der Waals surface area contributed by atoms with E-state index in [-0.39, 0.29) is 0 Å². The summed E-state index contributed by atoms with van der Waals surface area (Å²) >= 11 is 0. The Morgan fingerprint density at radius 1 is 0.227 bits per heavy atom. The molecule has 0 saturated heterocycles. The molecule has 12 aromatic rings. The van der Waals surface area contributed by atoms with E-state index in [4.69, 9.17) is 0 Å². The van der Waals surface area contributed by atoms with Crippen molar-refractivity contribution >= 4 is 88.0 Å². The lowest BCUT2D eigenvalue weighted by Crippen LogP contribution is -2.12. The highest BCUT2D eigenvalue weighted by molar-refractivity contribution is 6.25. The van der Waals surface area contributed by atoms with E-state index in [1.807, 2.05) is 0 Å². The monoisotopic (exact) mass is 842 g/mol. The molecule has 0 bridgehead atoms. The number of hydrogen-bond donors (Lipinski definition) is 0. The van der Waals surface area contributed by atoms with Gasteiger partial charge in [-0.15, -0.1) is 0 Å². The zero-order chi connectivity index (χ0) is 44.1. The van der Waals surface area contributed by atoms with E-state index in [2.05, 4.69) is 266 Å². The first-order valence-corrected chi connectivity index (χ1v) is 22.8. The van der Waals surface area contributed by atoms with Crippen LogP contribution >= 0.6 is 0 Å². The van der Waals surface area contributed by atoms with Crippen molar-refractivity contribution in [3.63, 3.8) is 0 Å². The molecule has 0 aliphatic heterocycles. The molecule has 0 fully saturated rings. The van der Waals surface area contributed by atoms with E-state index in [9.17, 15) is 0 Å². The Morgan fingerprint density at radius 3 is 0.985 bits per heavy atom. The molecule has 66 heavy (non-hydrogen) atoms. The molecule has 0 N–H and O–H groups in total. The molecule has 2 nitrogen and oxygen atoms in total. The summed E-state index contributed by atoms with van der Waals surface area (Å²) < 4.78 is 0. The van der Waals surface area contributed by atoms with E-state index in [1.54, 1.807) is 0 Å². The van der Waals surface area contributed by atoms with Crippen molar-refractivity contribution in [1.82, 2.24) is 0 Å². The normalized spacial score (nSPS) is 11.5. The number of fused-ring (bicyclic) bond motifs is 7. The second-order valence-electron chi connectivity index (χ2n) is 17.5. The number of benzene rings is 12. The van der Waals surface area contributed by atoms with Gasteiger partial charge < -0.3 is 9.80 Å². The van der Waals surface area contributed by atoms with E-state index < -0.39 is 0 Å². The van der Waals surface area contributed by atoms with E-state index in [1.165, 1.54) is 87.2 Å². The van der Waals surface area contributed by atoms with Gasteiger partial charge in [0.1, 0.15) is 0 Å². The molecule has 0 unspecified atom stereocenters. The van der Waals surface area contributed by atoms with Gasteiger partial charge in [-0.25, -0.2) is 0 Å². The Bertz CT molecular complexity index is 3510. The number of nitrogens with zero attached hydrogens (tertiary/aromatic N) is 2. The topological polar surface area (TPSA) is 6.48 Å². The van der Waals surface area contributed by atoms with Crippen molar-refractivity contribution in [3.8, 4) is 22.3 Å². The van der Waals surface area contributed by atoms with Gasteiger partial charge in [0.05, 0.1) is 11.4 Å². The third-order valence-electron chi connectivity index (χ3n) is 13.3. The summed E-state index contributed by atoms with van der Waals surface area (Å²) in [5.41, 5.74) is 13.9. The lowest BCUT2D eigenvalue weighted by atomic mass is 9.90. The summed E-state index contributed by atoms with van der Waals surface area (Å²) in [4.78, 5) is 4.93. The third kappa shape index (κ3) is 7.01. The van der Waals surface area contributed by atoms with Crippen molar-refractivity contribution < 1.29 is 0 Å². The van der Waals surface area contributed by atoms with Crippen LogP contribution < -0.4 is 9.80 Å². The maximum absolute atomic E-state index is 2.46. The van der Waals surface area contributed by atoms with Gasteiger partial charge in [-0.3, -0.25) is 0 Å². The molecule has 0 saturated carbocycles. The van der Waals surface area contributed by atoms with Crippen LogP contribution in [0, 0.1) is 13.8 Å². The predicted octanol–water partition coefficient (Wildman–Crippen LogP) is 18.3. The van der Waals surface area contributed by atoms with Crippen LogP contribution in [0.25, 0.3) is 76.1 Å². The number of rotatable bonds is 8. The molecule has 0 amide bonds.